The molecule has 1 saturated heterocycles. The lowest BCUT2D eigenvalue weighted by molar-refractivity contribution is -0.141. The number of ether oxygens (including phenoxy) is 1. The summed E-state index contributed by atoms with van der Waals surface area (Å²) in [6.07, 6.45) is 4.64. The van der Waals surface area contributed by atoms with Crippen LogP contribution in [0.3, 0.4) is 0 Å². The van der Waals surface area contributed by atoms with Crippen LogP contribution < -0.4 is 19.9 Å². The molecule has 9 heteroatoms. The van der Waals surface area contributed by atoms with Crippen LogP contribution in [-0.4, -0.2) is 59.3 Å². The molecule has 2 N–H and O–H groups in total. The number of aryl methyl sites for hydroxylation is 1. The Balaban J connectivity index is 1.40. The fraction of sp³-hybridized carbons (Fsp3) is 0.448. The molecular formula is C29H38N6O3. The average Bonchev–Trinajstić information content (AvgIpc) is 2.94. The van der Waals surface area contributed by atoms with E-state index in [1.54, 1.807) is 0 Å². The third-order valence-electron chi connectivity index (χ3n) is 6.84. The van der Waals surface area contributed by atoms with E-state index in [0.717, 1.165) is 42.9 Å². The van der Waals surface area contributed by atoms with E-state index in [-0.39, 0.29) is 5.92 Å². The standard InChI is InChI=1S/C29H38N6O3/c1-4-23(26(36)37)20-22-10-14-25(15-11-22)38-19-18-34(3)28-31-27(30-24-12-8-21(2)9-13-24)32-29(33-28)35-16-6-5-7-17-35/h8-15,23H,4-7,16-20H2,1-3H3,(H,36,37)(H,30,31,32,33). The predicted octanol–water partition coefficient (Wildman–Crippen LogP) is 5.08. The average molecular weight is 519 g/mol. The molecule has 1 fully saturated rings. The van der Waals surface area contributed by atoms with Crippen LogP contribution in [0.2, 0.25) is 0 Å². The lowest BCUT2D eigenvalue weighted by Crippen LogP contribution is -2.32. The van der Waals surface area contributed by atoms with Gasteiger partial charge in [-0.3, -0.25) is 4.79 Å². The first-order valence-electron chi connectivity index (χ1n) is 13.4. The summed E-state index contributed by atoms with van der Waals surface area (Å²) in [4.78, 5) is 29.7. The van der Waals surface area contributed by atoms with E-state index in [1.165, 1.54) is 12.0 Å². The number of carboxylic acids is 1. The SMILES string of the molecule is CCC(Cc1ccc(OCCN(C)c2nc(Nc3ccc(C)cc3)nc(N3CCCCC3)n2)cc1)C(=O)O. The number of hydrogen-bond acceptors (Lipinski definition) is 8. The minimum atomic E-state index is -0.755. The highest BCUT2D eigenvalue weighted by atomic mass is 16.5. The molecule has 1 unspecified atom stereocenters. The van der Waals surface area contributed by atoms with E-state index in [2.05, 4.69) is 29.3 Å². The van der Waals surface area contributed by atoms with Crippen LogP contribution in [0.5, 0.6) is 5.75 Å². The van der Waals surface area contributed by atoms with Crippen molar-refractivity contribution in [1.29, 1.82) is 0 Å². The van der Waals surface area contributed by atoms with E-state index < -0.39 is 5.97 Å². The number of carboxylic acid groups (broad SMARTS) is 1. The monoisotopic (exact) mass is 518 g/mol. The molecule has 1 aromatic heterocycles. The van der Waals surface area contributed by atoms with Crippen molar-refractivity contribution < 1.29 is 14.6 Å². The highest BCUT2D eigenvalue weighted by molar-refractivity contribution is 5.70. The number of piperidine rings is 1. The van der Waals surface area contributed by atoms with Gasteiger partial charge in [-0.2, -0.15) is 15.0 Å². The quantitative estimate of drug-likeness (QED) is 0.340. The number of rotatable bonds is 12. The van der Waals surface area contributed by atoms with Crippen LogP contribution in [0.1, 0.15) is 43.7 Å². The lowest BCUT2D eigenvalue weighted by Gasteiger charge is -2.28. The number of nitrogens with one attached hydrogen (secondary N) is 1. The molecule has 9 nitrogen and oxygen atoms in total. The molecule has 4 rings (SSSR count). The molecule has 3 aromatic rings. The molecule has 2 heterocycles. The molecule has 0 spiro atoms. The van der Waals surface area contributed by atoms with E-state index in [1.807, 2.05) is 55.3 Å². The van der Waals surface area contributed by atoms with Crippen LogP contribution in [0.25, 0.3) is 0 Å². The van der Waals surface area contributed by atoms with Gasteiger partial charge in [-0.05, 0) is 68.9 Å². The van der Waals surface area contributed by atoms with Crippen molar-refractivity contribution in [1.82, 2.24) is 15.0 Å². The van der Waals surface area contributed by atoms with Crippen LogP contribution in [-0.2, 0) is 11.2 Å². The van der Waals surface area contributed by atoms with Gasteiger partial charge in [0.05, 0.1) is 12.5 Å². The van der Waals surface area contributed by atoms with Gasteiger partial charge in [0.25, 0.3) is 0 Å². The third kappa shape index (κ3) is 7.57. The van der Waals surface area contributed by atoms with Crippen molar-refractivity contribution >= 4 is 29.5 Å². The topological polar surface area (TPSA) is 104 Å². The Kier molecular flexibility index (Phi) is 9.35. The van der Waals surface area contributed by atoms with Gasteiger partial charge in [0, 0.05) is 25.8 Å². The van der Waals surface area contributed by atoms with Gasteiger partial charge in [0.1, 0.15) is 12.4 Å². The number of aromatic nitrogens is 3. The molecule has 202 valence electrons. The van der Waals surface area contributed by atoms with Gasteiger partial charge in [-0.1, -0.05) is 36.8 Å². The molecule has 1 aliphatic rings. The highest BCUT2D eigenvalue weighted by Gasteiger charge is 2.18. The van der Waals surface area contributed by atoms with Crippen LogP contribution in [0.4, 0.5) is 23.5 Å². The highest BCUT2D eigenvalue weighted by Crippen LogP contribution is 2.22. The second kappa shape index (κ2) is 13.1. The Morgan fingerprint density at radius 3 is 2.42 bits per heavy atom. The fourth-order valence-corrected chi connectivity index (χ4v) is 4.39. The van der Waals surface area contributed by atoms with Crippen LogP contribution in [0, 0.1) is 12.8 Å². The Morgan fingerprint density at radius 2 is 1.76 bits per heavy atom. The van der Waals surface area contributed by atoms with Crippen molar-refractivity contribution in [3.63, 3.8) is 0 Å². The zero-order valence-electron chi connectivity index (χ0n) is 22.6. The maximum atomic E-state index is 11.3. The summed E-state index contributed by atoms with van der Waals surface area (Å²) in [5.74, 6) is 1.44. The molecule has 0 bridgehead atoms. The molecule has 0 saturated carbocycles. The van der Waals surface area contributed by atoms with E-state index in [9.17, 15) is 9.90 Å². The van der Waals surface area contributed by atoms with Gasteiger partial charge in [-0.15, -0.1) is 0 Å². The summed E-state index contributed by atoms with van der Waals surface area (Å²) in [5.41, 5.74) is 3.12. The maximum absolute atomic E-state index is 11.3. The smallest absolute Gasteiger partial charge is 0.306 e. The molecule has 0 aliphatic carbocycles. The largest absolute Gasteiger partial charge is 0.492 e. The summed E-state index contributed by atoms with van der Waals surface area (Å²) in [6, 6.07) is 15.8. The number of benzene rings is 2. The summed E-state index contributed by atoms with van der Waals surface area (Å²) in [7, 11) is 1.95. The molecule has 1 aliphatic heterocycles. The summed E-state index contributed by atoms with van der Waals surface area (Å²) in [6.45, 7) is 6.89. The van der Waals surface area contributed by atoms with Crippen molar-refractivity contribution in [3.8, 4) is 5.75 Å². The van der Waals surface area contributed by atoms with Gasteiger partial charge in [0.2, 0.25) is 17.8 Å². The normalized spacial score (nSPS) is 14.1. The minimum absolute atomic E-state index is 0.365. The lowest BCUT2D eigenvalue weighted by atomic mass is 9.97. The number of aliphatic carboxylic acids is 1. The number of nitrogens with zero attached hydrogens (tertiary/aromatic N) is 5. The molecule has 38 heavy (non-hydrogen) atoms. The Labute approximate surface area is 224 Å². The maximum Gasteiger partial charge on any atom is 0.306 e. The van der Waals surface area contributed by atoms with Crippen molar-refractivity contribution in [2.24, 2.45) is 5.92 Å². The molecule has 0 amide bonds. The van der Waals surface area contributed by atoms with E-state index >= 15 is 0 Å². The van der Waals surface area contributed by atoms with Gasteiger partial charge >= 0.3 is 5.97 Å². The Bertz CT molecular complexity index is 1180. The number of likely N-dealkylation sites (N-methyl/N-ethyl adjacent to an activating group) is 1. The second-order valence-corrected chi connectivity index (χ2v) is 9.86. The Morgan fingerprint density at radius 1 is 1.05 bits per heavy atom. The van der Waals surface area contributed by atoms with Gasteiger partial charge < -0.3 is 25.0 Å². The van der Waals surface area contributed by atoms with Gasteiger partial charge in [-0.25, -0.2) is 0 Å². The summed E-state index contributed by atoms with van der Waals surface area (Å²) >= 11 is 0. The molecule has 1 atom stereocenters. The van der Waals surface area contributed by atoms with Gasteiger partial charge in [0.15, 0.2) is 0 Å². The summed E-state index contributed by atoms with van der Waals surface area (Å²) < 4.78 is 5.96. The first-order chi connectivity index (χ1) is 18.4. The Hall–Kier alpha value is -3.88. The van der Waals surface area contributed by atoms with Crippen molar-refractivity contribution in [2.75, 3.05) is 48.4 Å². The molecular weight excluding hydrogens is 480 g/mol. The van der Waals surface area contributed by atoms with E-state index in [0.29, 0.717) is 43.8 Å². The second-order valence-electron chi connectivity index (χ2n) is 9.86. The zero-order valence-corrected chi connectivity index (χ0v) is 22.6. The van der Waals surface area contributed by atoms with Crippen molar-refractivity contribution in [2.45, 2.75) is 46.0 Å². The predicted molar refractivity (Wildman–Crippen MR) is 151 cm³/mol. The molecule has 2 aromatic carbocycles. The number of carbonyl (C=O) groups is 1. The van der Waals surface area contributed by atoms with Crippen LogP contribution in [0.15, 0.2) is 48.5 Å². The summed E-state index contributed by atoms with van der Waals surface area (Å²) in [5, 5.41) is 12.6. The zero-order chi connectivity index (χ0) is 26.9. The number of hydrogen-bond donors (Lipinski definition) is 2. The van der Waals surface area contributed by atoms with Crippen molar-refractivity contribution in [3.05, 3.63) is 59.7 Å². The molecule has 0 radical (unpaired) electrons. The first-order valence-corrected chi connectivity index (χ1v) is 13.4. The van der Waals surface area contributed by atoms with E-state index in [4.69, 9.17) is 19.7 Å². The van der Waals surface area contributed by atoms with Crippen LogP contribution >= 0.6 is 0 Å². The first kappa shape index (κ1) is 27.2. The fourth-order valence-electron chi connectivity index (χ4n) is 4.39. The minimum Gasteiger partial charge on any atom is -0.492 e. The number of anilines is 4. The third-order valence-corrected chi connectivity index (χ3v) is 6.84.